The fraction of sp³-hybridized carbons (Fsp3) is 0.818. The molecular formula is C11H20O4Si. The molecule has 1 saturated heterocycles. The summed E-state index contributed by atoms with van der Waals surface area (Å²) < 4.78 is 5.42. The molecule has 16 heavy (non-hydrogen) atoms. The monoisotopic (exact) mass is 244 g/mol. The first-order valence-corrected chi connectivity index (χ1v) is 8.89. The van der Waals surface area contributed by atoms with Gasteiger partial charge < -0.3 is 20.1 Å². The first kappa shape index (κ1) is 13.7. The number of rotatable bonds is 1. The molecule has 1 heterocycles. The van der Waals surface area contributed by atoms with Crippen LogP contribution in [0.1, 0.15) is 6.92 Å². The molecule has 0 spiro atoms. The molecule has 1 aliphatic heterocycles. The zero-order valence-corrected chi connectivity index (χ0v) is 11.2. The Kier molecular flexibility index (Phi) is 3.82. The normalized spacial score (nSPS) is 39.3. The Bertz CT molecular complexity index is 314. The summed E-state index contributed by atoms with van der Waals surface area (Å²) in [5.74, 6) is 2.91. The first-order valence-electron chi connectivity index (χ1n) is 5.39. The molecule has 1 fully saturated rings. The minimum Gasteiger partial charge on any atom is -0.394 e. The molecule has 1 unspecified atom stereocenters. The largest absolute Gasteiger partial charge is 0.394 e. The molecule has 0 bridgehead atoms. The van der Waals surface area contributed by atoms with Crippen molar-refractivity contribution in [1.82, 2.24) is 0 Å². The second-order valence-electron chi connectivity index (χ2n) is 5.38. The highest BCUT2D eigenvalue weighted by molar-refractivity contribution is 6.83. The lowest BCUT2D eigenvalue weighted by Crippen LogP contribution is -2.40. The minimum atomic E-state index is -1.55. The van der Waals surface area contributed by atoms with E-state index in [1.54, 1.807) is 6.92 Å². The Labute approximate surface area is 97.3 Å². The van der Waals surface area contributed by atoms with Crippen molar-refractivity contribution in [2.45, 2.75) is 50.5 Å². The molecule has 0 radical (unpaired) electrons. The summed E-state index contributed by atoms with van der Waals surface area (Å²) in [4.78, 5) is 0. The molecular weight excluding hydrogens is 224 g/mol. The van der Waals surface area contributed by atoms with Crippen LogP contribution < -0.4 is 0 Å². The SMILES string of the molecule is C[C@]1(C#C[Si](C)(C)C)O[C@H](CO)[C@H](O)C1O. The summed E-state index contributed by atoms with van der Waals surface area (Å²) >= 11 is 0. The molecule has 0 aliphatic carbocycles. The van der Waals surface area contributed by atoms with Gasteiger partial charge in [0.25, 0.3) is 0 Å². The van der Waals surface area contributed by atoms with E-state index in [4.69, 9.17) is 9.84 Å². The van der Waals surface area contributed by atoms with E-state index in [-0.39, 0.29) is 6.61 Å². The fourth-order valence-corrected chi connectivity index (χ4v) is 2.17. The van der Waals surface area contributed by atoms with Crippen molar-refractivity contribution in [3.8, 4) is 11.5 Å². The Morgan fingerprint density at radius 3 is 2.25 bits per heavy atom. The van der Waals surface area contributed by atoms with Gasteiger partial charge in [0.1, 0.15) is 26.4 Å². The second-order valence-corrected chi connectivity index (χ2v) is 10.1. The number of aliphatic hydroxyl groups excluding tert-OH is 3. The average Bonchev–Trinajstić information content (AvgIpc) is 2.40. The predicted octanol–water partition coefficient (Wildman–Crippen LogP) is -0.261. The number of hydrogen-bond acceptors (Lipinski definition) is 4. The maximum absolute atomic E-state index is 9.84. The van der Waals surface area contributed by atoms with Crippen LogP contribution in [0.25, 0.3) is 0 Å². The molecule has 0 saturated carbocycles. The van der Waals surface area contributed by atoms with Gasteiger partial charge in [-0.1, -0.05) is 25.6 Å². The third-order valence-corrected chi connectivity index (χ3v) is 3.41. The van der Waals surface area contributed by atoms with Gasteiger partial charge in [-0.2, -0.15) is 0 Å². The second kappa shape index (κ2) is 4.47. The zero-order chi connectivity index (χ0) is 12.6. The van der Waals surface area contributed by atoms with Gasteiger partial charge in [-0.15, -0.1) is 5.54 Å². The van der Waals surface area contributed by atoms with Gasteiger partial charge in [0.15, 0.2) is 5.60 Å². The summed E-state index contributed by atoms with van der Waals surface area (Å²) in [5, 5.41) is 28.5. The third kappa shape index (κ3) is 2.84. The molecule has 5 heteroatoms. The van der Waals surface area contributed by atoms with Crippen LogP contribution in [0.15, 0.2) is 0 Å². The van der Waals surface area contributed by atoms with Gasteiger partial charge in [0.05, 0.1) is 6.61 Å². The summed E-state index contributed by atoms with van der Waals surface area (Å²) in [6, 6.07) is 0. The van der Waals surface area contributed by atoms with Crippen molar-refractivity contribution in [2.24, 2.45) is 0 Å². The summed E-state index contributed by atoms with van der Waals surface area (Å²) in [7, 11) is -1.55. The topological polar surface area (TPSA) is 69.9 Å². The van der Waals surface area contributed by atoms with Crippen molar-refractivity contribution in [1.29, 1.82) is 0 Å². The van der Waals surface area contributed by atoms with E-state index in [9.17, 15) is 10.2 Å². The molecule has 0 aromatic rings. The Hall–Kier alpha value is -0.383. The summed E-state index contributed by atoms with van der Waals surface area (Å²) in [6.45, 7) is 7.59. The zero-order valence-electron chi connectivity index (χ0n) is 10.2. The van der Waals surface area contributed by atoms with Crippen molar-refractivity contribution in [3.05, 3.63) is 0 Å². The van der Waals surface area contributed by atoms with Crippen LogP contribution in [0.2, 0.25) is 19.6 Å². The van der Waals surface area contributed by atoms with Gasteiger partial charge in [-0.05, 0) is 6.92 Å². The van der Waals surface area contributed by atoms with E-state index in [0.29, 0.717) is 0 Å². The molecule has 1 aliphatic rings. The van der Waals surface area contributed by atoms with E-state index in [0.717, 1.165) is 0 Å². The van der Waals surface area contributed by atoms with E-state index in [2.05, 4.69) is 31.1 Å². The maximum atomic E-state index is 9.84. The van der Waals surface area contributed by atoms with Crippen LogP contribution in [0.3, 0.4) is 0 Å². The average molecular weight is 244 g/mol. The van der Waals surface area contributed by atoms with Crippen LogP contribution in [0.4, 0.5) is 0 Å². The smallest absolute Gasteiger partial charge is 0.154 e. The number of aliphatic hydroxyl groups is 3. The highest BCUT2D eigenvalue weighted by Crippen LogP contribution is 2.30. The highest BCUT2D eigenvalue weighted by Gasteiger charge is 2.50. The van der Waals surface area contributed by atoms with Gasteiger partial charge in [-0.25, -0.2) is 0 Å². The van der Waals surface area contributed by atoms with Crippen LogP contribution in [-0.4, -0.2) is 53.9 Å². The Morgan fingerprint density at radius 2 is 1.88 bits per heavy atom. The van der Waals surface area contributed by atoms with Gasteiger partial charge >= 0.3 is 0 Å². The lowest BCUT2D eigenvalue weighted by atomic mass is 9.98. The van der Waals surface area contributed by atoms with Gasteiger partial charge in [0, 0.05) is 0 Å². The van der Waals surface area contributed by atoms with E-state index < -0.39 is 32.0 Å². The van der Waals surface area contributed by atoms with Crippen LogP contribution in [-0.2, 0) is 4.74 Å². The van der Waals surface area contributed by atoms with Crippen molar-refractivity contribution < 1.29 is 20.1 Å². The predicted molar refractivity (Wildman–Crippen MR) is 63.5 cm³/mol. The van der Waals surface area contributed by atoms with Crippen LogP contribution in [0.5, 0.6) is 0 Å². The Balaban J connectivity index is 2.90. The molecule has 3 N–H and O–H groups in total. The lowest BCUT2D eigenvalue weighted by Gasteiger charge is -2.21. The van der Waals surface area contributed by atoms with E-state index in [1.165, 1.54) is 0 Å². The van der Waals surface area contributed by atoms with Gasteiger partial charge in [0.2, 0.25) is 0 Å². The molecule has 92 valence electrons. The molecule has 0 amide bonds. The molecule has 0 aromatic carbocycles. The third-order valence-electron chi connectivity index (χ3n) is 2.53. The summed E-state index contributed by atoms with van der Waals surface area (Å²) in [6.07, 6.45) is -2.91. The van der Waals surface area contributed by atoms with Crippen molar-refractivity contribution >= 4 is 8.07 Å². The fourth-order valence-electron chi connectivity index (χ4n) is 1.54. The standard InChI is InChI=1S/C11H20O4Si/c1-11(5-6-16(2,3)4)10(14)9(13)8(7-12)15-11/h8-10,12-14H,7H2,1-4H3/t8-,9+,10?,11-/m1/s1. The highest BCUT2D eigenvalue weighted by atomic mass is 28.3. The molecule has 4 atom stereocenters. The van der Waals surface area contributed by atoms with Crippen molar-refractivity contribution in [2.75, 3.05) is 6.61 Å². The quantitative estimate of drug-likeness (QED) is 0.439. The molecule has 0 aromatic heterocycles. The van der Waals surface area contributed by atoms with Gasteiger partial charge in [-0.3, -0.25) is 0 Å². The maximum Gasteiger partial charge on any atom is 0.154 e. The molecule has 4 nitrogen and oxygen atoms in total. The van der Waals surface area contributed by atoms with E-state index in [1.807, 2.05) is 0 Å². The van der Waals surface area contributed by atoms with E-state index >= 15 is 0 Å². The van der Waals surface area contributed by atoms with Crippen LogP contribution >= 0.6 is 0 Å². The number of hydrogen-bond donors (Lipinski definition) is 3. The first-order chi connectivity index (χ1) is 7.19. The lowest BCUT2D eigenvalue weighted by molar-refractivity contribution is -0.0459. The Morgan fingerprint density at radius 1 is 1.31 bits per heavy atom. The molecule has 1 rings (SSSR count). The number of ether oxygens (including phenoxy) is 1. The van der Waals surface area contributed by atoms with Crippen molar-refractivity contribution in [3.63, 3.8) is 0 Å². The minimum absolute atomic E-state index is 0.317. The van der Waals surface area contributed by atoms with Crippen LogP contribution in [0, 0.1) is 11.5 Å². The summed E-state index contributed by atoms with van der Waals surface area (Å²) in [5.41, 5.74) is 2.03.